The SMILES string of the molecule is CCc1ccc(-c2nc(S[C@H](C)c3ccccc3)n[nH]2)cc1. The van der Waals surface area contributed by atoms with Crippen molar-refractivity contribution in [3.8, 4) is 11.4 Å². The summed E-state index contributed by atoms with van der Waals surface area (Å²) in [5.74, 6) is 0.824. The van der Waals surface area contributed by atoms with Crippen molar-refractivity contribution in [2.45, 2.75) is 30.7 Å². The molecule has 22 heavy (non-hydrogen) atoms. The summed E-state index contributed by atoms with van der Waals surface area (Å²) in [6.45, 7) is 4.33. The van der Waals surface area contributed by atoms with E-state index in [0.29, 0.717) is 5.25 Å². The number of aromatic nitrogens is 3. The molecule has 0 radical (unpaired) electrons. The molecule has 0 spiro atoms. The molecule has 0 bridgehead atoms. The van der Waals surface area contributed by atoms with Crippen LogP contribution in [0.3, 0.4) is 0 Å². The first-order chi connectivity index (χ1) is 10.8. The van der Waals surface area contributed by atoms with Crippen LogP contribution >= 0.6 is 11.8 Å². The van der Waals surface area contributed by atoms with Gasteiger partial charge in [0, 0.05) is 10.8 Å². The van der Waals surface area contributed by atoms with Crippen molar-refractivity contribution in [3.63, 3.8) is 0 Å². The maximum absolute atomic E-state index is 4.60. The highest BCUT2D eigenvalue weighted by atomic mass is 32.2. The van der Waals surface area contributed by atoms with Crippen LogP contribution < -0.4 is 0 Å². The fourth-order valence-corrected chi connectivity index (χ4v) is 3.13. The molecule has 3 rings (SSSR count). The van der Waals surface area contributed by atoms with E-state index in [-0.39, 0.29) is 0 Å². The molecule has 0 aliphatic carbocycles. The number of nitrogens with one attached hydrogen (secondary N) is 1. The zero-order valence-corrected chi connectivity index (χ0v) is 13.6. The maximum Gasteiger partial charge on any atom is 0.209 e. The van der Waals surface area contributed by atoms with Crippen LogP contribution in [-0.2, 0) is 6.42 Å². The quantitative estimate of drug-likeness (QED) is 0.682. The van der Waals surface area contributed by atoms with Crippen LogP contribution in [0.5, 0.6) is 0 Å². The van der Waals surface area contributed by atoms with Crippen molar-refractivity contribution in [2.24, 2.45) is 0 Å². The lowest BCUT2D eigenvalue weighted by Crippen LogP contribution is -1.88. The standard InChI is InChI=1S/C18H19N3S/c1-3-14-9-11-16(12-10-14)17-19-18(21-20-17)22-13(2)15-7-5-4-6-8-15/h4-13H,3H2,1-2H3,(H,19,20,21)/t13-/m1/s1. The molecule has 0 aliphatic rings. The number of benzene rings is 2. The Kier molecular flexibility index (Phi) is 4.59. The summed E-state index contributed by atoms with van der Waals surface area (Å²) in [6.07, 6.45) is 1.05. The molecule has 3 nitrogen and oxygen atoms in total. The first kappa shape index (κ1) is 14.9. The van der Waals surface area contributed by atoms with E-state index in [1.54, 1.807) is 11.8 Å². The fraction of sp³-hybridized carbons (Fsp3) is 0.222. The van der Waals surface area contributed by atoms with Crippen molar-refractivity contribution >= 4 is 11.8 Å². The Balaban J connectivity index is 1.73. The number of aromatic amines is 1. The second kappa shape index (κ2) is 6.79. The van der Waals surface area contributed by atoms with E-state index < -0.39 is 0 Å². The molecule has 1 aromatic heterocycles. The number of nitrogens with zero attached hydrogens (tertiary/aromatic N) is 2. The van der Waals surface area contributed by atoms with Gasteiger partial charge in [-0.05, 0) is 24.5 Å². The first-order valence-electron chi connectivity index (χ1n) is 7.49. The van der Waals surface area contributed by atoms with Gasteiger partial charge in [-0.1, -0.05) is 73.3 Å². The lowest BCUT2D eigenvalue weighted by atomic mass is 10.1. The van der Waals surface area contributed by atoms with Gasteiger partial charge in [0.05, 0.1) is 0 Å². The second-order valence-electron chi connectivity index (χ2n) is 5.19. The number of hydrogen-bond donors (Lipinski definition) is 1. The third-order valence-corrected chi connectivity index (χ3v) is 4.67. The Hall–Kier alpha value is -2.07. The number of rotatable bonds is 5. The summed E-state index contributed by atoms with van der Waals surface area (Å²) >= 11 is 1.67. The molecule has 2 aromatic carbocycles. The van der Waals surface area contributed by atoms with Crippen molar-refractivity contribution in [2.75, 3.05) is 0 Å². The highest BCUT2D eigenvalue weighted by Gasteiger charge is 2.12. The van der Waals surface area contributed by atoms with Crippen molar-refractivity contribution < 1.29 is 0 Å². The molecule has 1 heterocycles. The van der Waals surface area contributed by atoms with Crippen molar-refractivity contribution in [1.29, 1.82) is 0 Å². The molecule has 0 amide bonds. The molecule has 0 fully saturated rings. The smallest absolute Gasteiger partial charge is 0.209 e. The number of thioether (sulfide) groups is 1. The van der Waals surface area contributed by atoms with Crippen LogP contribution in [0, 0.1) is 0 Å². The van der Waals surface area contributed by atoms with Gasteiger partial charge in [-0.2, -0.15) is 0 Å². The first-order valence-corrected chi connectivity index (χ1v) is 8.37. The van der Waals surface area contributed by atoms with Gasteiger partial charge in [-0.3, -0.25) is 5.10 Å². The zero-order valence-electron chi connectivity index (χ0n) is 12.8. The molecule has 0 unspecified atom stereocenters. The Labute approximate surface area is 135 Å². The second-order valence-corrected chi connectivity index (χ2v) is 6.50. The Morgan fingerprint density at radius 3 is 2.45 bits per heavy atom. The Morgan fingerprint density at radius 1 is 1.05 bits per heavy atom. The average Bonchev–Trinajstić information content (AvgIpc) is 3.04. The average molecular weight is 309 g/mol. The number of hydrogen-bond acceptors (Lipinski definition) is 3. The summed E-state index contributed by atoms with van der Waals surface area (Å²) in [4.78, 5) is 4.60. The highest BCUT2D eigenvalue weighted by Crippen LogP contribution is 2.33. The van der Waals surface area contributed by atoms with E-state index in [1.807, 2.05) is 6.07 Å². The van der Waals surface area contributed by atoms with E-state index in [2.05, 4.69) is 77.6 Å². The van der Waals surface area contributed by atoms with E-state index in [1.165, 1.54) is 11.1 Å². The molecule has 1 atom stereocenters. The Bertz CT molecular complexity index is 720. The third kappa shape index (κ3) is 3.39. The fourth-order valence-electron chi connectivity index (χ4n) is 2.28. The van der Waals surface area contributed by atoms with Crippen LogP contribution in [0.1, 0.15) is 30.2 Å². The van der Waals surface area contributed by atoms with E-state index in [0.717, 1.165) is 23.0 Å². The Morgan fingerprint density at radius 2 is 1.77 bits per heavy atom. The van der Waals surface area contributed by atoms with Crippen molar-refractivity contribution in [3.05, 3.63) is 65.7 Å². The minimum absolute atomic E-state index is 0.326. The predicted molar refractivity (Wildman–Crippen MR) is 91.9 cm³/mol. The molecule has 0 saturated heterocycles. The van der Waals surface area contributed by atoms with E-state index in [4.69, 9.17) is 0 Å². The van der Waals surface area contributed by atoms with Gasteiger partial charge in [-0.15, -0.1) is 5.10 Å². The van der Waals surface area contributed by atoms with Gasteiger partial charge in [0.15, 0.2) is 5.82 Å². The molecule has 0 aliphatic heterocycles. The lowest BCUT2D eigenvalue weighted by molar-refractivity contribution is 0.960. The van der Waals surface area contributed by atoms with Crippen LogP contribution in [-0.4, -0.2) is 15.2 Å². The van der Waals surface area contributed by atoms with E-state index in [9.17, 15) is 0 Å². The summed E-state index contributed by atoms with van der Waals surface area (Å²) in [5, 5.41) is 8.47. The number of H-pyrrole nitrogens is 1. The molecular weight excluding hydrogens is 290 g/mol. The van der Waals surface area contributed by atoms with Gasteiger partial charge in [0.1, 0.15) is 0 Å². The highest BCUT2D eigenvalue weighted by molar-refractivity contribution is 7.99. The minimum Gasteiger partial charge on any atom is -0.258 e. The maximum atomic E-state index is 4.60. The topological polar surface area (TPSA) is 41.6 Å². The van der Waals surface area contributed by atoms with Gasteiger partial charge in [0.2, 0.25) is 5.16 Å². The lowest BCUT2D eigenvalue weighted by Gasteiger charge is -2.08. The van der Waals surface area contributed by atoms with Gasteiger partial charge in [-0.25, -0.2) is 4.98 Å². The summed E-state index contributed by atoms with van der Waals surface area (Å²) < 4.78 is 0. The van der Waals surface area contributed by atoms with Crippen LogP contribution in [0.4, 0.5) is 0 Å². The van der Waals surface area contributed by atoms with Crippen molar-refractivity contribution in [1.82, 2.24) is 15.2 Å². The van der Waals surface area contributed by atoms with E-state index >= 15 is 0 Å². The minimum atomic E-state index is 0.326. The molecule has 0 saturated carbocycles. The number of aryl methyl sites for hydroxylation is 1. The zero-order chi connectivity index (χ0) is 15.4. The van der Waals surface area contributed by atoms with Gasteiger partial charge < -0.3 is 0 Å². The molecule has 4 heteroatoms. The van der Waals surface area contributed by atoms with Gasteiger partial charge in [0.25, 0.3) is 0 Å². The monoisotopic (exact) mass is 309 g/mol. The molecule has 3 aromatic rings. The molecule has 1 N–H and O–H groups in total. The third-order valence-electron chi connectivity index (χ3n) is 3.65. The summed E-state index contributed by atoms with van der Waals surface area (Å²) in [7, 11) is 0. The van der Waals surface area contributed by atoms with Crippen LogP contribution in [0.2, 0.25) is 0 Å². The molecular formula is C18H19N3S. The van der Waals surface area contributed by atoms with Crippen LogP contribution in [0.15, 0.2) is 59.8 Å². The summed E-state index contributed by atoms with van der Waals surface area (Å²) in [6, 6.07) is 18.9. The predicted octanol–water partition coefficient (Wildman–Crippen LogP) is 4.89. The summed E-state index contributed by atoms with van der Waals surface area (Å²) in [5.41, 5.74) is 3.69. The van der Waals surface area contributed by atoms with Crippen LogP contribution in [0.25, 0.3) is 11.4 Å². The van der Waals surface area contributed by atoms with Gasteiger partial charge >= 0.3 is 0 Å². The molecule has 112 valence electrons. The largest absolute Gasteiger partial charge is 0.258 e. The normalized spacial score (nSPS) is 12.3.